The van der Waals surface area contributed by atoms with Crippen molar-refractivity contribution in [1.29, 1.82) is 0 Å². The third-order valence-corrected chi connectivity index (χ3v) is 3.57. The highest BCUT2D eigenvalue weighted by Crippen LogP contribution is 2.23. The van der Waals surface area contributed by atoms with Gasteiger partial charge in [-0.2, -0.15) is 0 Å². The van der Waals surface area contributed by atoms with Gasteiger partial charge in [-0.1, -0.05) is 78.9 Å². The van der Waals surface area contributed by atoms with Crippen LogP contribution in [-0.4, -0.2) is 5.78 Å². The zero-order chi connectivity index (χ0) is 16.1. The molecule has 0 bridgehead atoms. The van der Waals surface area contributed by atoms with Gasteiger partial charge in [0.1, 0.15) is 5.82 Å². The first-order chi connectivity index (χ1) is 11.2. The Kier molecular flexibility index (Phi) is 4.44. The Morgan fingerprint density at radius 1 is 0.826 bits per heavy atom. The molecule has 1 nitrogen and oxygen atoms in total. The van der Waals surface area contributed by atoms with Crippen LogP contribution in [0.25, 0.3) is 17.2 Å². The smallest absolute Gasteiger partial charge is 0.185 e. The number of hydrogen-bond acceptors (Lipinski definition) is 1. The number of rotatable bonds is 4. The van der Waals surface area contributed by atoms with Gasteiger partial charge in [-0.25, -0.2) is 4.39 Å². The summed E-state index contributed by atoms with van der Waals surface area (Å²) in [4.78, 5) is 12.2. The molecule has 0 spiro atoms. The number of benzene rings is 3. The van der Waals surface area contributed by atoms with Crippen molar-refractivity contribution in [3.8, 4) is 11.1 Å². The lowest BCUT2D eigenvalue weighted by Crippen LogP contribution is -1.96. The first kappa shape index (κ1) is 14.9. The second kappa shape index (κ2) is 6.84. The number of ketones is 1. The fourth-order valence-corrected chi connectivity index (χ4v) is 2.35. The van der Waals surface area contributed by atoms with Crippen LogP contribution in [0.3, 0.4) is 0 Å². The molecule has 112 valence electrons. The second-order valence-corrected chi connectivity index (χ2v) is 5.17. The zero-order valence-electron chi connectivity index (χ0n) is 12.4. The molecule has 0 radical (unpaired) electrons. The summed E-state index contributed by atoms with van der Waals surface area (Å²) in [5.41, 5.74) is 2.56. The first-order valence-electron chi connectivity index (χ1n) is 7.36. The molecule has 3 rings (SSSR count). The number of halogens is 1. The molecule has 2 heteroatoms. The molecule has 0 aliphatic rings. The van der Waals surface area contributed by atoms with Gasteiger partial charge in [0.05, 0.1) is 0 Å². The summed E-state index contributed by atoms with van der Waals surface area (Å²) < 4.78 is 14.3. The summed E-state index contributed by atoms with van der Waals surface area (Å²) in [5, 5.41) is 0. The van der Waals surface area contributed by atoms with Gasteiger partial charge in [0.15, 0.2) is 5.78 Å². The van der Waals surface area contributed by atoms with Crippen LogP contribution in [-0.2, 0) is 0 Å². The lowest BCUT2D eigenvalue weighted by Gasteiger charge is -2.05. The van der Waals surface area contributed by atoms with Gasteiger partial charge in [0.2, 0.25) is 0 Å². The quantitative estimate of drug-likeness (QED) is 0.466. The summed E-state index contributed by atoms with van der Waals surface area (Å²) in [7, 11) is 0. The van der Waals surface area contributed by atoms with Crippen LogP contribution >= 0.6 is 0 Å². The Bertz CT molecular complexity index is 836. The standard InChI is InChI=1S/C21H15FO/c22-20-15-18(12-13-19(20)17-9-5-2-6-10-17)21(23)14-11-16-7-3-1-4-8-16/h1-15H/b14-11+. The largest absolute Gasteiger partial charge is 0.289 e. The Morgan fingerprint density at radius 2 is 1.48 bits per heavy atom. The van der Waals surface area contributed by atoms with E-state index >= 15 is 0 Å². The minimum Gasteiger partial charge on any atom is -0.289 e. The van der Waals surface area contributed by atoms with Crippen LogP contribution in [0.2, 0.25) is 0 Å². The average molecular weight is 302 g/mol. The van der Waals surface area contributed by atoms with E-state index in [4.69, 9.17) is 0 Å². The van der Waals surface area contributed by atoms with Crippen molar-refractivity contribution in [2.24, 2.45) is 0 Å². The molecule has 0 N–H and O–H groups in total. The van der Waals surface area contributed by atoms with Crippen LogP contribution in [0.15, 0.2) is 84.9 Å². The molecule has 23 heavy (non-hydrogen) atoms. The van der Waals surface area contributed by atoms with Crippen LogP contribution < -0.4 is 0 Å². The topological polar surface area (TPSA) is 17.1 Å². The van der Waals surface area contributed by atoms with Crippen molar-refractivity contribution in [3.05, 3.63) is 102 Å². The van der Waals surface area contributed by atoms with Gasteiger partial charge in [-0.15, -0.1) is 0 Å². The molecule has 3 aromatic rings. The molecule has 0 fully saturated rings. The first-order valence-corrected chi connectivity index (χ1v) is 7.36. The van der Waals surface area contributed by atoms with Crippen molar-refractivity contribution in [1.82, 2.24) is 0 Å². The lowest BCUT2D eigenvalue weighted by atomic mass is 10.0. The van der Waals surface area contributed by atoms with Gasteiger partial charge >= 0.3 is 0 Å². The van der Waals surface area contributed by atoms with E-state index in [0.29, 0.717) is 11.1 Å². The zero-order valence-corrected chi connectivity index (χ0v) is 12.4. The predicted molar refractivity (Wildman–Crippen MR) is 91.6 cm³/mol. The fraction of sp³-hybridized carbons (Fsp3) is 0. The number of hydrogen-bond donors (Lipinski definition) is 0. The van der Waals surface area contributed by atoms with E-state index < -0.39 is 5.82 Å². The normalized spacial score (nSPS) is 10.8. The van der Waals surface area contributed by atoms with E-state index in [0.717, 1.165) is 11.1 Å². The molecular formula is C21H15FO. The summed E-state index contributed by atoms with van der Waals surface area (Å²) in [6.07, 6.45) is 3.19. The minimum absolute atomic E-state index is 0.215. The van der Waals surface area contributed by atoms with Crippen LogP contribution in [0.5, 0.6) is 0 Å². The van der Waals surface area contributed by atoms with E-state index in [1.807, 2.05) is 60.7 Å². The second-order valence-electron chi connectivity index (χ2n) is 5.17. The highest BCUT2D eigenvalue weighted by Gasteiger charge is 2.09. The van der Waals surface area contributed by atoms with Crippen LogP contribution in [0.4, 0.5) is 4.39 Å². The molecule has 0 heterocycles. The van der Waals surface area contributed by atoms with E-state index in [1.165, 1.54) is 12.1 Å². The molecule has 0 aliphatic heterocycles. The Hall–Kier alpha value is -3.00. The maximum atomic E-state index is 14.3. The van der Waals surface area contributed by atoms with Crippen LogP contribution in [0, 0.1) is 5.82 Å². The van der Waals surface area contributed by atoms with Gasteiger partial charge in [0.25, 0.3) is 0 Å². The van der Waals surface area contributed by atoms with Gasteiger partial charge < -0.3 is 0 Å². The summed E-state index contributed by atoms with van der Waals surface area (Å²) in [6.45, 7) is 0. The molecule has 3 aromatic carbocycles. The molecule has 0 saturated carbocycles. The lowest BCUT2D eigenvalue weighted by molar-refractivity contribution is 0.104. The highest BCUT2D eigenvalue weighted by molar-refractivity contribution is 6.07. The molecule has 0 aliphatic carbocycles. The summed E-state index contributed by atoms with van der Waals surface area (Å²) in [5.74, 6) is -0.609. The fourth-order valence-electron chi connectivity index (χ4n) is 2.35. The Balaban J connectivity index is 1.83. The SMILES string of the molecule is O=C(/C=C/c1ccccc1)c1ccc(-c2ccccc2)c(F)c1. The van der Waals surface area contributed by atoms with E-state index in [9.17, 15) is 9.18 Å². The van der Waals surface area contributed by atoms with Gasteiger partial charge in [-0.05, 0) is 23.3 Å². The highest BCUT2D eigenvalue weighted by atomic mass is 19.1. The maximum absolute atomic E-state index is 14.3. The number of allylic oxidation sites excluding steroid dienone is 1. The maximum Gasteiger partial charge on any atom is 0.185 e. The Labute approximate surface area is 134 Å². The van der Waals surface area contributed by atoms with Crippen molar-refractivity contribution in [2.45, 2.75) is 0 Å². The molecule has 0 aromatic heterocycles. The molecule has 0 amide bonds. The van der Waals surface area contributed by atoms with E-state index in [2.05, 4.69) is 0 Å². The average Bonchev–Trinajstić information content (AvgIpc) is 2.61. The Morgan fingerprint density at radius 3 is 2.13 bits per heavy atom. The van der Waals surface area contributed by atoms with Crippen molar-refractivity contribution in [2.75, 3.05) is 0 Å². The molecule has 0 saturated heterocycles. The van der Waals surface area contributed by atoms with Crippen molar-refractivity contribution >= 4 is 11.9 Å². The third-order valence-electron chi connectivity index (χ3n) is 3.57. The summed E-state index contributed by atoms with van der Waals surface area (Å²) in [6, 6.07) is 23.4. The molecule has 0 unspecified atom stereocenters. The van der Waals surface area contributed by atoms with Gasteiger partial charge in [-0.3, -0.25) is 4.79 Å². The van der Waals surface area contributed by atoms with Crippen molar-refractivity contribution in [3.63, 3.8) is 0 Å². The van der Waals surface area contributed by atoms with E-state index in [-0.39, 0.29) is 5.78 Å². The molecular weight excluding hydrogens is 287 g/mol. The third kappa shape index (κ3) is 3.61. The molecule has 0 atom stereocenters. The van der Waals surface area contributed by atoms with E-state index in [1.54, 1.807) is 18.2 Å². The summed E-state index contributed by atoms with van der Waals surface area (Å²) >= 11 is 0. The van der Waals surface area contributed by atoms with Gasteiger partial charge in [0, 0.05) is 11.1 Å². The predicted octanol–water partition coefficient (Wildman–Crippen LogP) is 5.39. The number of carbonyl (C=O) groups excluding carboxylic acids is 1. The number of carbonyl (C=O) groups is 1. The van der Waals surface area contributed by atoms with Crippen molar-refractivity contribution < 1.29 is 9.18 Å². The minimum atomic E-state index is -0.393. The monoisotopic (exact) mass is 302 g/mol. The van der Waals surface area contributed by atoms with Crippen LogP contribution in [0.1, 0.15) is 15.9 Å².